The quantitative estimate of drug-likeness (QED) is 0.830. The topological polar surface area (TPSA) is 82.3 Å². The number of nitrogens with one attached hydrogen (secondary N) is 2. The van der Waals surface area contributed by atoms with Crippen molar-refractivity contribution in [1.29, 1.82) is 0 Å². The van der Waals surface area contributed by atoms with Gasteiger partial charge in [-0.15, -0.1) is 0 Å². The van der Waals surface area contributed by atoms with Gasteiger partial charge in [0.1, 0.15) is 5.82 Å². The summed E-state index contributed by atoms with van der Waals surface area (Å²) < 4.78 is 13.6. The largest absolute Gasteiger partial charge is 0.338 e. The Labute approximate surface area is 162 Å². The molecule has 1 aromatic heterocycles. The number of hydrogen-bond donors (Lipinski definition) is 2. The van der Waals surface area contributed by atoms with Crippen LogP contribution in [0.2, 0.25) is 0 Å². The van der Waals surface area contributed by atoms with E-state index in [2.05, 4.69) is 10.3 Å². The van der Waals surface area contributed by atoms with Crippen molar-refractivity contribution in [3.63, 3.8) is 0 Å². The number of hydrogen-bond acceptors (Lipinski definition) is 3. The highest BCUT2D eigenvalue weighted by molar-refractivity contribution is 5.94. The van der Waals surface area contributed by atoms with Crippen LogP contribution in [0.5, 0.6) is 0 Å². The third-order valence-electron chi connectivity index (χ3n) is 4.96. The number of benzene rings is 1. The number of rotatable bonds is 5. The lowest BCUT2D eigenvalue weighted by Crippen LogP contribution is -2.40. The first-order valence-corrected chi connectivity index (χ1v) is 9.47. The van der Waals surface area contributed by atoms with Gasteiger partial charge in [0.2, 0.25) is 11.5 Å². The van der Waals surface area contributed by atoms with E-state index in [0.717, 1.165) is 12.8 Å². The van der Waals surface area contributed by atoms with Crippen LogP contribution in [-0.4, -0.2) is 34.8 Å². The molecule has 0 radical (unpaired) electrons. The molecular weight excluding hydrogens is 361 g/mol. The fraction of sp³-hybridized carbons (Fsp3) is 0.381. The first-order valence-electron chi connectivity index (χ1n) is 9.47. The predicted molar refractivity (Wildman–Crippen MR) is 105 cm³/mol. The van der Waals surface area contributed by atoms with E-state index in [9.17, 15) is 18.8 Å². The summed E-state index contributed by atoms with van der Waals surface area (Å²) in [4.78, 5) is 40.8. The summed E-state index contributed by atoms with van der Waals surface area (Å²) >= 11 is 0. The maximum absolute atomic E-state index is 13.6. The van der Waals surface area contributed by atoms with Crippen LogP contribution in [0.1, 0.15) is 41.7 Å². The maximum atomic E-state index is 13.6. The van der Waals surface area contributed by atoms with Crippen LogP contribution in [0.3, 0.4) is 0 Å². The molecule has 1 aromatic carbocycles. The average Bonchev–Trinajstić information content (AvgIpc) is 2.67. The van der Waals surface area contributed by atoms with E-state index in [1.807, 2.05) is 0 Å². The molecule has 0 aliphatic carbocycles. The minimum absolute atomic E-state index is 0.158. The van der Waals surface area contributed by atoms with Crippen molar-refractivity contribution in [3.05, 3.63) is 63.8 Å². The number of anilines is 1. The molecule has 1 fully saturated rings. The molecule has 2 heterocycles. The molecule has 1 aliphatic rings. The van der Waals surface area contributed by atoms with Crippen LogP contribution in [0.4, 0.5) is 10.1 Å². The van der Waals surface area contributed by atoms with Crippen LogP contribution in [-0.2, 0) is 4.79 Å². The van der Waals surface area contributed by atoms with Crippen LogP contribution >= 0.6 is 0 Å². The minimum Gasteiger partial charge on any atom is -0.338 e. The van der Waals surface area contributed by atoms with Gasteiger partial charge in [-0.2, -0.15) is 0 Å². The Morgan fingerprint density at radius 2 is 2.07 bits per heavy atom. The predicted octanol–water partition coefficient (Wildman–Crippen LogP) is 3.09. The van der Waals surface area contributed by atoms with Crippen molar-refractivity contribution in [1.82, 2.24) is 9.88 Å². The van der Waals surface area contributed by atoms with E-state index in [4.69, 9.17) is 0 Å². The lowest BCUT2D eigenvalue weighted by molar-refractivity contribution is -0.116. The van der Waals surface area contributed by atoms with Gasteiger partial charge in [-0.1, -0.05) is 12.1 Å². The second-order valence-electron chi connectivity index (χ2n) is 7.24. The molecule has 148 valence electrons. The van der Waals surface area contributed by atoms with Crippen LogP contribution in [0.15, 0.2) is 41.2 Å². The molecule has 0 saturated carbocycles. The smallest absolute Gasteiger partial charge is 0.254 e. The van der Waals surface area contributed by atoms with Crippen molar-refractivity contribution in [2.24, 2.45) is 5.92 Å². The van der Waals surface area contributed by atoms with E-state index in [0.29, 0.717) is 30.8 Å². The molecule has 1 atom stereocenters. The molecule has 28 heavy (non-hydrogen) atoms. The number of aryl methyl sites for hydroxylation is 1. The minimum atomic E-state index is -0.460. The Balaban J connectivity index is 1.54. The van der Waals surface area contributed by atoms with Crippen LogP contribution < -0.4 is 10.9 Å². The molecule has 7 heteroatoms. The number of pyridine rings is 1. The number of aromatic amines is 1. The van der Waals surface area contributed by atoms with Gasteiger partial charge < -0.3 is 15.2 Å². The second-order valence-corrected chi connectivity index (χ2v) is 7.24. The zero-order chi connectivity index (χ0) is 20.1. The number of amides is 2. The van der Waals surface area contributed by atoms with E-state index in [1.165, 1.54) is 18.2 Å². The zero-order valence-corrected chi connectivity index (χ0v) is 15.8. The summed E-state index contributed by atoms with van der Waals surface area (Å²) in [6, 6.07) is 9.06. The number of aromatic nitrogens is 1. The molecule has 0 unspecified atom stereocenters. The monoisotopic (exact) mass is 385 g/mol. The molecule has 3 rings (SSSR count). The van der Waals surface area contributed by atoms with Gasteiger partial charge in [-0.25, -0.2) is 4.39 Å². The number of nitrogens with zero attached hydrogens (tertiary/aromatic N) is 1. The Kier molecular flexibility index (Phi) is 6.23. The molecule has 2 N–H and O–H groups in total. The Morgan fingerprint density at radius 1 is 1.29 bits per heavy atom. The van der Waals surface area contributed by atoms with Crippen molar-refractivity contribution in [2.75, 3.05) is 18.4 Å². The van der Waals surface area contributed by atoms with Crippen LogP contribution in [0.25, 0.3) is 0 Å². The van der Waals surface area contributed by atoms with E-state index >= 15 is 0 Å². The summed E-state index contributed by atoms with van der Waals surface area (Å²) in [5.41, 5.74) is 0.924. The normalized spacial score (nSPS) is 16.6. The van der Waals surface area contributed by atoms with E-state index < -0.39 is 5.82 Å². The third kappa shape index (κ3) is 5.06. The third-order valence-corrected chi connectivity index (χ3v) is 4.96. The standard InChI is InChI=1S/C21H24FN3O3/c1-14-11-16(12-20(27)23-14)21(28)25-10-4-5-15(13-25)8-9-19(26)24-18-7-3-2-6-17(18)22/h2-3,6-7,11-12,15H,4-5,8-10,13H2,1H3,(H,23,27)(H,24,26)/t15-/m1/s1. The summed E-state index contributed by atoms with van der Waals surface area (Å²) in [6.07, 6.45) is 2.68. The van der Waals surface area contributed by atoms with Gasteiger partial charge in [0.05, 0.1) is 5.69 Å². The highest BCUT2D eigenvalue weighted by Gasteiger charge is 2.25. The number of halogens is 1. The number of carbonyl (C=O) groups excluding carboxylic acids is 2. The molecular formula is C21H24FN3O3. The second kappa shape index (κ2) is 8.82. The number of para-hydroxylation sites is 1. The van der Waals surface area contributed by atoms with Crippen molar-refractivity contribution >= 4 is 17.5 Å². The van der Waals surface area contributed by atoms with Crippen LogP contribution in [0, 0.1) is 18.7 Å². The number of carbonyl (C=O) groups is 2. The molecule has 1 saturated heterocycles. The Morgan fingerprint density at radius 3 is 2.82 bits per heavy atom. The molecule has 0 spiro atoms. The van der Waals surface area contributed by atoms with Crippen molar-refractivity contribution in [3.8, 4) is 0 Å². The Bertz CT molecular complexity index is 925. The SMILES string of the molecule is Cc1cc(C(=O)N2CCC[C@H](CCC(=O)Nc3ccccc3F)C2)cc(=O)[nH]1. The van der Waals surface area contributed by atoms with E-state index in [1.54, 1.807) is 30.0 Å². The summed E-state index contributed by atoms with van der Waals surface area (Å²) in [5.74, 6) is -0.654. The Hall–Kier alpha value is -2.96. The fourth-order valence-electron chi connectivity index (χ4n) is 3.58. The highest BCUT2D eigenvalue weighted by atomic mass is 19.1. The lowest BCUT2D eigenvalue weighted by atomic mass is 9.92. The summed E-state index contributed by atoms with van der Waals surface area (Å²) in [7, 11) is 0. The molecule has 2 amide bonds. The number of H-pyrrole nitrogens is 1. The first kappa shape index (κ1) is 19.8. The van der Waals surface area contributed by atoms with Crippen molar-refractivity contribution in [2.45, 2.75) is 32.6 Å². The average molecular weight is 385 g/mol. The lowest BCUT2D eigenvalue weighted by Gasteiger charge is -2.32. The molecule has 1 aliphatic heterocycles. The summed E-state index contributed by atoms with van der Waals surface area (Å²) in [6.45, 7) is 2.94. The molecule has 2 aromatic rings. The summed E-state index contributed by atoms with van der Waals surface area (Å²) in [5, 5.41) is 2.59. The van der Waals surface area contributed by atoms with Crippen molar-refractivity contribution < 1.29 is 14.0 Å². The van der Waals surface area contributed by atoms with Gasteiger partial charge in [0.25, 0.3) is 5.91 Å². The zero-order valence-electron chi connectivity index (χ0n) is 15.8. The highest BCUT2D eigenvalue weighted by Crippen LogP contribution is 2.23. The maximum Gasteiger partial charge on any atom is 0.254 e. The van der Waals surface area contributed by atoms with Gasteiger partial charge >= 0.3 is 0 Å². The number of likely N-dealkylation sites (tertiary alicyclic amines) is 1. The first-order chi connectivity index (χ1) is 13.4. The van der Waals surface area contributed by atoms with E-state index in [-0.39, 0.29) is 35.4 Å². The van der Waals surface area contributed by atoms with Gasteiger partial charge in [-0.3, -0.25) is 14.4 Å². The fourth-order valence-corrected chi connectivity index (χ4v) is 3.58. The molecule has 6 nitrogen and oxygen atoms in total. The van der Waals surface area contributed by atoms with Gasteiger partial charge in [0, 0.05) is 36.8 Å². The number of piperidine rings is 1. The van der Waals surface area contributed by atoms with Gasteiger partial charge in [-0.05, 0) is 50.3 Å². The van der Waals surface area contributed by atoms with Gasteiger partial charge in [0.15, 0.2) is 0 Å². The molecule has 0 bridgehead atoms.